The van der Waals surface area contributed by atoms with E-state index in [1.54, 1.807) is 0 Å². The Morgan fingerprint density at radius 1 is 1.38 bits per heavy atom. The minimum absolute atomic E-state index is 0.0537. The molecule has 0 aromatic heterocycles. The maximum atomic E-state index is 11.3. The van der Waals surface area contributed by atoms with Crippen LogP contribution in [-0.2, 0) is 4.74 Å². The van der Waals surface area contributed by atoms with E-state index in [0.717, 1.165) is 32.1 Å². The standard InChI is InChI=1S/C12H24N2O2/c1-10(2)14-12(15)13-7-3-4-11-5-8-16-9-6-11/h10-11H,3-9H2,1-2H3,(H2,13,14,15). The summed E-state index contributed by atoms with van der Waals surface area (Å²) in [5.74, 6) is 0.795. The van der Waals surface area contributed by atoms with E-state index in [2.05, 4.69) is 10.6 Å². The fraction of sp³-hybridized carbons (Fsp3) is 0.917. The molecule has 0 aliphatic carbocycles. The van der Waals surface area contributed by atoms with Gasteiger partial charge in [0.05, 0.1) is 0 Å². The number of ether oxygens (including phenoxy) is 1. The lowest BCUT2D eigenvalue weighted by atomic mass is 9.95. The molecule has 2 N–H and O–H groups in total. The van der Waals surface area contributed by atoms with E-state index in [4.69, 9.17) is 4.74 Å². The van der Waals surface area contributed by atoms with Crippen LogP contribution in [0.4, 0.5) is 4.79 Å². The third kappa shape index (κ3) is 5.95. The number of amides is 2. The Labute approximate surface area is 98.1 Å². The van der Waals surface area contributed by atoms with Crippen LogP contribution in [0.5, 0.6) is 0 Å². The molecule has 0 radical (unpaired) electrons. The maximum absolute atomic E-state index is 11.3. The molecule has 0 atom stereocenters. The second kappa shape index (κ2) is 7.49. The normalized spacial score (nSPS) is 17.4. The van der Waals surface area contributed by atoms with Crippen molar-refractivity contribution in [2.75, 3.05) is 19.8 Å². The topological polar surface area (TPSA) is 50.4 Å². The highest BCUT2D eigenvalue weighted by molar-refractivity contribution is 5.73. The van der Waals surface area contributed by atoms with E-state index >= 15 is 0 Å². The van der Waals surface area contributed by atoms with Gasteiger partial charge in [0, 0.05) is 25.8 Å². The lowest BCUT2D eigenvalue weighted by Gasteiger charge is -2.21. The summed E-state index contributed by atoms with van der Waals surface area (Å²) in [6.45, 7) is 6.51. The summed E-state index contributed by atoms with van der Waals surface area (Å²) in [5, 5.41) is 5.68. The first-order chi connectivity index (χ1) is 7.68. The second-order valence-electron chi connectivity index (χ2n) is 4.75. The fourth-order valence-corrected chi connectivity index (χ4v) is 1.94. The van der Waals surface area contributed by atoms with Crippen LogP contribution in [0.3, 0.4) is 0 Å². The Kier molecular flexibility index (Phi) is 6.23. The van der Waals surface area contributed by atoms with E-state index in [9.17, 15) is 4.79 Å². The van der Waals surface area contributed by atoms with Gasteiger partial charge < -0.3 is 15.4 Å². The molecule has 16 heavy (non-hydrogen) atoms. The summed E-state index contributed by atoms with van der Waals surface area (Å²) in [4.78, 5) is 11.3. The van der Waals surface area contributed by atoms with Gasteiger partial charge in [-0.2, -0.15) is 0 Å². The highest BCUT2D eigenvalue weighted by Gasteiger charge is 2.13. The largest absolute Gasteiger partial charge is 0.381 e. The molecule has 1 aliphatic rings. The van der Waals surface area contributed by atoms with Crippen LogP contribution in [0.1, 0.15) is 39.5 Å². The van der Waals surface area contributed by atoms with Gasteiger partial charge in [0.2, 0.25) is 0 Å². The number of rotatable bonds is 5. The molecule has 1 rings (SSSR count). The van der Waals surface area contributed by atoms with E-state index in [1.807, 2.05) is 13.8 Å². The number of carbonyl (C=O) groups is 1. The summed E-state index contributed by atoms with van der Waals surface area (Å²) in [7, 11) is 0. The van der Waals surface area contributed by atoms with Crippen molar-refractivity contribution in [2.45, 2.75) is 45.6 Å². The fourth-order valence-electron chi connectivity index (χ4n) is 1.94. The molecule has 0 aromatic rings. The molecular weight excluding hydrogens is 204 g/mol. The first-order valence-corrected chi connectivity index (χ1v) is 6.30. The summed E-state index contributed by atoms with van der Waals surface area (Å²) < 4.78 is 5.31. The number of nitrogens with one attached hydrogen (secondary N) is 2. The van der Waals surface area contributed by atoms with Crippen molar-refractivity contribution in [3.8, 4) is 0 Å². The number of carbonyl (C=O) groups excluding carboxylic acids is 1. The Balaban J connectivity index is 1.96. The van der Waals surface area contributed by atoms with Crippen LogP contribution < -0.4 is 10.6 Å². The monoisotopic (exact) mass is 228 g/mol. The van der Waals surface area contributed by atoms with Crippen LogP contribution in [0.15, 0.2) is 0 Å². The zero-order valence-corrected chi connectivity index (χ0v) is 10.4. The van der Waals surface area contributed by atoms with E-state index in [-0.39, 0.29) is 12.1 Å². The molecule has 4 heteroatoms. The van der Waals surface area contributed by atoms with Crippen molar-refractivity contribution in [2.24, 2.45) is 5.92 Å². The minimum Gasteiger partial charge on any atom is -0.381 e. The average molecular weight is 228 g/mol. The van der Waals surface area contributed by atoms with E-state index in [1.165, 1.54) is 19.3 Å². The molecule has 0 spiro atoms. The molecule has 94 valence electrons. The molecule has 1 aliphatic heterocycles. The summed E-state index contributed by atoms with van der Waals surface area (Å²) in [6.07, 6.45) is 4.62. The molecular formula is C12H24N2O2. The van der Waals surface area contributed by atoms with Crippen LogP contribution in [0.2, 0.25) is 0 Å². The quantitative estimate of drug-likeness (QED) is 0.706. The molecule has 1 heterocycles. The van der Waals surface area contributed by atoms with E-state index < -0.39 is 0 Å². The number of hydrogen-bond donors (Lipinski definition) is 2. The van der Waals surface area contributed by atoms with Gasteiger partial charge in [-0.25, -0.2) is 4.79 Å². The first kappa shape index (κ1) is 13.3. The molecule has 0 unspecified atom stereocenters. The zero-order valence-electron chi connectivity index (χ0n) is 10.4. The average Bonchev–Trinajstić information content (AvgIpc) is 2.25. The predicted octanol–water partition coefficient (Wildman–Crippen LogP) is 1.90. The van der Waals surface area contributed by atoms with Crippen molar-refractivity contribution in [1.29, 1.82) is 0 Å². The Hall–Kier alpha value is -0.770. The van der Waals surface area contributed by atoms with Crippen LogP contribution in [0.25, 0.3) is 0 Å². The first-order valence-electron chi connectivity index (χ1n) is 6.30. The van der Waals surface area contributed by atoms with Gasteiger partial charge in [-0.05, 0) is 45.4 Å². The van der Waals surface area contributed by atoms with Crippen LogP contribution in [0, 0.1) is 5.92 Å². The SMILES string of the molecule is CC(C)NC(=O)NCCCC1CCOCC1. The number of hydrogen-bond acceptors (Lipinski definition) is 2. The van der Waals surface area contributed by atoms with Gasteiger partial charge in [0.15, 0.2) is 0 Å². The Morgan fingerprint density at radius 2 is 2.06 bits per heavy atom. The van der Waals surface area contributed by atoms with Crippen molar-refractivity contribution in [3.05, 3.63) is 0 Å². The highest BCUT2D eigenvalue weighted by atomic mass is 16.5. The molecule has 0 bridgehead atoms. The Morgan fingerprint density at radius 3 is 2.69 bits per heavy atom. The summed E-state index contributed by atoms with van der Waals surface area (Å²) in [6, 6.07) is 0.150. The zero-order chi connectivity index (χ0) is 11.8. The summed E-state index contributed by atoms with van der Waals surface area (Å²) >= 11 is 0. The third-order valence-electron chi connectivity index (χ3n) is 2.84. The van der Waals surface area contributed by atoms with Gasteiger partial charge in [0.25, 0.3) is 0 Å². The van der Waals surface area contributed by atoms with Gasteiger partial charge in [-0.3, -0.25) is 0 Å². The van der Waals surface area contributed by atoms with Crippen molar-refractivity contribution in [3.63, 3.8) is 0 Å². The lowest BCUT2D eigenvalue weighted by Crippen LogP contribution is -2.39. The molecule has 1 saturated heterocycles. The van der Waals surface area contributed by atoms with Gasteiger partial charge in [-0.15, -0.1) is 0 Å². The van der Waals surface area contributed by atoms with Crippen molar-refractivity contribution >= 4 is 6.03 Å². The van der Waals surface area contributed by atoms with Gasteiger partial charge >= 0.3 is 6.03 Å². The molecule has 4 nitrogen and oxygen atoms in total. The maximum Gasteiger partial charge on any atom is 0.314 e. The Bertz CT molecular complexity index is 201. The molecule has 0 aromatic carbocycles. The number of urea groups is 1. The molecule has 1 fully saturated rings. The third-order valence-corrected chi connectivity index (χ3v) is 2.84. The van der Waals surface area contributed by atoms with Crippen LogP contribution >= 0.6 is 0 Å². The minimum atomic E-state index is -0.0537. The van der Waals surface area contributed by atoms with E-state index in [0.29, 0.717) is 0 Å². The highest BCUT2D eigenvalue weighted by Crippen LogP contribution is 2.19. The lowest BCUT2D eigenvalue weighted by molar-refractivity contribution is 0.0634. The van der Waals surface area contributed by atoms with Gasteiger partial charge in [-0.1, -0.05) is 0 Å². The molecule has 0 saturated carbocycles. The van der Waals surface area contributed by atoms with Crippen molar-refractivity contribution < 1.29 is 9.53 Å². The van der Waals surface area contributed by atoms with Crippen molar-refractivity contribution in [1.82, 2.24) is 10.6 Å². The second-order valence-corrected chi connectivity index (χ2v) is 4.75. The predicted molar refractivity (Wildman–Crippen MR) is 64.4 cm³/mol. The van der Waals surface area contributed by atoms with Crippen LogP contribution in [-0.4, -0.2) is 31.8 Å². The summed E-state index contributed by atoms with van der Waals surface area (Å²) in [5.41, 5.74) is 0. The smallest absolute Gasteiger partial charge is 0.314 e. The molecule has 2 amide bonds. The van der Waals surface area contributed by atoms with Gasteiger partial charge in [0.1, 0.15) is 0 Å².